The molecule has 0 saturated carbocycles. The SMILES string of the molecule is Fc1cccc(-c2cc3n(c2Cl)CCNC3)c1. The van der Waals surface area contributed by atoms with E-state index in [0.717, 1.165) is 36.5 Å². The first-order valence-corrected chi connectivity index (χ1v) is 5.98. The Hall–Kier alpha value is -1.32. The molecule has 0 spiro atoms. The molecular formula is C13H12ClFN2. The number of fused-ring (bicyclic) bond motifs is 1. The number of hydrogen-bond donors (Lipinski definition) is 1. The van der Waals surface area contributed by atoms with Gasteiger partial charge in [-0.1, -0.05) is 23.7 Å². The summed E-state index contributed by atoms with van der Waals surface area (Å²) >= 11 is 6.34. The molecule has 0 radical (unpaired) electrons. The predicted octanol–water partition coefficient (Wildman–Crippen LogP) is 3.05. The van der Waals surface area contributed by atoms with Gasteiger partial charge in [0.25, 0.3) is 0 Å². The Bertz CT molecular complexity index is 563. The first-order valence-electron chi connectivity index (χ1n) is 5.60. The summed E-state index contributed by atoms with van der Waals surface area (Å²) in [6.07, 6.45) is 0. The van der Waals surface area contributed by atoms with E-state index in [4.69, 9.17) is 11.6 Å². The highest BCUT2D eigenvalue weighted by molar-refractivity contribution is 6.32. The van der Waals surface area contributed by atoms with Crippen molar-refractivity contribution in [3.05, 3.63) is 47.0 Å². The van der Waals surface area contributed by atoms with Gasteiger partial charge < -0.3 is 9.88 Å². The number of rotatable bonds is 1. The van der Waals surface area contributed by atoms with Crippen LogP contribution in [0.5, 0.6) is 0 Å². The Morgan fingerprint density at radius 1 is 1.29 bits per heavy atom. The second-order valence-electron chi connectivity index (χ2n) is 4.18. The van der Waals surface area contributed by atoms with Gasteiger partial charge in [0.1, 0.15) is 11.0 Å². The maximum atomic E-state index is 13.2. The van der Waals surface area contributed by atoms with Crippen LogP contribution in [0.2, 0.25) is 5.15 Å². The van der Waals surface area contributed by atoms with Crippen molar-refractivity contribution in [2.45, 2.75) is 13.1 Å². The summed E-state index contributed by atoms with van der Waals surface area (Å²) < 4.78 is 15.3. The summed E-state index contributed by atoms with van der Waals surface area (Å²) in [5.41, 5.74) is 2.89. The van der Waals surface area contributed by atoms with Gasteiger partial charge in [0.2, 0.25) is 0 Å². The van der Waals surface area contributed by atoms with Crippen molar-refractivity contribution >= 4 is 11.6 Å². The van der Waals surface area contributed by atoms with Crippen LogP contribution in [0.4, 0.5) is 4.39 Å². The average Bonchev–Trinajstić information content (AvgIpc) is 2.68. The molecule has 0 unspecified atom stereocenters. The Kier molecular flexibility index (Phi) is 2.65. The normalized spacial score (nSPS) is 14.7. The van der Waals surface area contributed by atoms with Gasteiger partial charge in [0.15, 0.2) is 0 Å². The molecule has 1 N–H and O–H groups in total. The molecular weight excluding hydrogens is 239 g/mol. The highest BCUT2D eigenvalue weighted by Crippen LogP contribution is 2.32. The van der Waals surface area contributed by atoms with Gasteiger partial charge in [-0.15, -0.1) is 0 Å². The lowest BCUT2D eigenvalue weighted by Crippen LogP contribution is -2.27. The van der Waals surface area contributed by atoms with Crippen LogP contribution in [0.3, 0.4) is 0 Å². The molecule has 0 aliphatic carbocycles. The van der Waals surface area contributed by atoms with Crippen molar-refractivity contribution in [1.82, 2.24) is 9.88 Å². The zero-order valence-electron chi connectivity index (χ0n) is 9.21. The third kappa shape index (κ3) is 1.85. The zero-order chi connectivity index (χ0) is 11.8. The van der Waals surface area contributed by atoms with E-state index in [1.807, 2.05) is 12.1 Å². The van der Waals surface area contributed by atoms with Crippen molar-refractivity contribution in [1.29, 1.82) is 0 Å². The number of nitrogens with one attached hydrogen (secondary N) is 1. The summed E-state index contributed by atoms with van der Waals surface area (Å²) in [5, 5.41) is 3.99. The van der Waals surface area contributed by atoms with Crippen LogP contribution in [0.25, 0.3) is 11.1 Å². The van der Waals surface area contributed by atoms with Crippen LogP contribution in [0, 0.1) is 5.82 Å². The van der Waals surface area contributed by atoms with Crippen molar-refractivity contribution in [2.75, 3.05) is 6.54 Å². The summed E-state index contributed by atoms with van der Waals surface area (Å²) in [6.45, 7) is 2.60. The minimum atomic E-state index is -0.235. The number of hydrogen-bond acceptors (Lipinski definition) is 1. The van der Waals surface area contributed by atoms with Gasteiger partial charge in [0, 0.05) is 30.9 Å². The lowest BCUT2D eigenvalue weighted by molar-refractivity contribution is 0.517. The molecule has 17 heavy (non-hydrogen) atoms. The average molecular weight is 251 g/mol. The van der Waals surface area contributed by atoms with Gasteiger partial charge in [-0.25, -0.2) is 4.39 Å². The Labute approximate surface area is 104 Å². The molecule has 1 aliphatic rings. The molecule has 0 fully saturated rings. The van der Waals surface area contributed by atoms with Crippen molar-refractivity contribution in [3.63, 3.8) is 0 Å². The molecule has 2 nitrogen and oxygen atoms in total. The topological polar surface area (TPSA) is 17.0 Å². The van der Waals surface area contributed by atoms with Gasteiger partial charge in [-0.05, 0) is 23.8 Å². The Morgan fingerprint density at radius 2 is 2.18 bits per heavy atom. The fourth-order valence-corrected chi connectivity index (χ4v) is 2.59. The minimum absolute atomic E-state index is 0.235. The van der Waals surface area contributed by atoms with Crippen molar-refractivity contribution < 1.29 is 4.39 Å². The molecule has 1 aromatic carbocycles. The molecule has 88 valence electrons. The maximum absolute atomic E-state index is 13.2. The number of nitrogens with zero attached hydrogens (tertiary/aromatic N) is 1. The van der Waals surface area contributed by atoms with Crippen LogP contribution >= 0.6 is 11.6 Å². The van der Waals surface area contributed by atoms with E-state index in [1.165, 1.54) is 12.1 Å². The quantitative estimate of drug-likeness (QED) is 0.823. The lowest BCUT2D eigenvalue weighted by Gasteiger charge is -2.16. The van der Waals surface area contributed by atoms with Crippen molar-refractivity contribution in [3.8, 4) is 11.1 Å². The van der Waals surface area contributed by atoms with E-state index in [-0.39, 0.29) is 5.82 Å². The molecule has 0 amide bonds. The van der Waals surface area contributed by atoms with Gasteiger partial charge >= 0.3 is 0 Å². The van der Waals surface area contributed by atoms with Gasteiger partial charge in [0.05, 0.1) is 0 Å². The number of benzene rings is 1. The van der Waals surface area contributed by atoms with Crippen LogP contribution in [0.15, 0.2) is 30.3 Å². The lowest BCUT2D eigenvalue weighted by atomic mass is 10.1. The van der Waals surface area contributed by atoms with Crippen LogP contribution in [0.1, 0.15) is 5.69 Å². The van der Waals surface area contributed by atoms with E-state index in [2.05, 4.69) is 9.88 Å². The third-order valence-electron chi connectivity index (χ3n) is 3.07. The van der Waals surface area contributed by atoms with Crippen LogP contribution in [-0.4, -0.2) is 11.1 Å². The molecule has 0 saturated heterocycles. The van der Waals surface area contributed by atoms with E-state index in [9.17, 15) is 4.39 Å². The molecule has 2 heterocycles. The molecule has 1 aliphatic heterocycles. The molecule has 3 rings (SSSR count). The molecule has 4 heteroatoms. The predicted molar refractivity (Wildman–Crippen MR) is 66.5 cm³/mol. The van der Waals surface area contributed by atoms with E-state index < -0.39 is 0 Å². The van der Waals surface area contributed by atoms with E-state index in [1.54, 1.807) is 6.07 Å². The first kappa shape index (κ1) is 10.8. The zero-order valence-corrected chi connectivity index (χ0v) is 9.97. The first-order chi connectivity index (χ1) is 8.25. The summed E-state index contributed by atoms with van der Waals surface area (Å²) in [4.78, 5) is 0. The number of aromatic nitrogens is 1. The van der Waals surface area contributed by atoms with Gasteiger partial charge in [-0.2, -0.15) is 0 Å². The number of halogens is 2. The summed E-state index contributed by atoms with van der Waals surface area (Å²) in [6, 6.07) is 8.57. The van der Waals surface area contributed by atoms with Crippen LogP contribution in [-0.2, 0) is 13.1 Å². The fraction of sp³-hybridized carbons (Fsp3) is 0.231. The van der Waals surface area contributed by atoms with E-state index >= 15 is 0 Å². The molecule has 0 bridgehead atoms. The highest BCUT2D eigenvalue weighted by Gasteiger charge is 2.17. The third-order valence-corrected chi connectivity index (χ3v) is 3.48. The van der Waals surface area contributed by atoms with E-state index in [0.29, 0.717) is 5.15 Å². The summed E-state index contributed by atoms with van der Waals surface area (Å²) in [5.74, 6) is -0.235. The van der Waals surface area contributed by atoms with Crippen LogP contribution < -0.4 is 5.32 Å². The Morgan fingerprint density at radius 3 is 2.94 bits per heavy atom. The second-order valence-corrected chi connectivity index (χ2v) is 4.54. The smallest absolute Gasteiger partial charge is 0.123 e. The molecule has 0 atom stereocenters. The molecule has 2 aromatic rings. The molecule has 1 aromatic heterocycles. The van der Waals surface area contributed by atoms with Crippen molar-refractivity contribution in [2.24, 2.45) is 0 Å². The summed E-state index contributed by atoms with van der Waals surface area (Å²) in [7, 11) is 0. The standard InChI is InChI=1S/C13H12ClFN2/c14-13-12(9-2-1-3-10(15)6-9)7-11-8-16-4-5-17(11)13/h1-3,6-7,16H,4-5,8H2. The Balaban J connectivity index is 2.12. The fourth-order valence-electron chi connectivity index (χ4n) is 2.23. The monoisotopic (exact) mass is 250 g/mol. The maximum Gasteiger partial charge on any atom is 0.123 e. The minimum Gasteiger partial charge on any atom is -0.333 e. The largest absolute Gasteiger partial charge is 0.333 e. The van der Waals surface area contributed by atoms with Gasteiger partial charge in [-0.3, -0.25) is 0 Å². The highest BCUT2D eigenvalue weighted by atomic mass is 35.5. The second kappa shape index (κ2) is 4.17.